The lowest BCUT2D eigenvalue weighted by Gasteiger charge is -2.20. The molecule has 0 heterocycles. The summed E-state index contributed by atoms with van der Waals surface area (Å²) in [5.41, 5.74) is 3.08. The number of ether oxygens (including phenoxy) is 1. The van der Waals surface area contributed by atoms with Crippen molar-refractivity contribution in [3.63, 3.8) is 0 Å². The van der Waals surface area contributed by atoms with Crippen molar-refractivity contribution >= 4 is 22.4 Å². The number of rotatable bonds is 5. The minimum Gasteiger partial charge on any atom is -0.480 e. The van der Waals surface area contributed by atoms with Crippen LogP contribution < -0.4 is 10.1 Å². The van der Waals surface area contributed by atoms with Crippen LogP contribution in [0.15, 0.2) is 60.7 Å². The van der Waals surface area contributed by atoms with Crippen molar-refractivity contribution < 1.29 is 9.53 Å². The number of aryl methyl sites for hydroxylation is 1. The van der Waals surface area contributed by atoms with Crippen LogP contribution in [0.25, 0.3) is 10.8 Å². The predicted molar refractivity (Wildman–Crippen MR) is 108 cm³/mol. The second-order valence-electron chi connectivity index (χ2n) is 6.92. The van der Waals surface area contributed by atoms with Gasteiger partial charge in [0.05, 0.1) is 0 Å². The normalized spacial score (nSPS) is 12.2. The van der Waals surface area contributed by atoms with Crippen molar-refractivity contribution in [3.8, 4) is 5.75 Å². The molecule has 0 bridgehead atoms. The molecule has 0 fully saturated rings. The van der Waals surface area contributed by atoms with Crippen molar-refractivity contribution in [2.45, 2.75) is 39.7 Å². The molecule has 3 heteroatoms. The van der Waals surface area contributed by atoms with E-state index < -0.39 is 6.10 Å². The minimum atomic E-state index is -0.597. The number of fused-ring (bicyclic) bond motifs is 1. The molecule has 0 aliphatic carbocycles. The van der Waals surface area contributed by atoms with Crippen LogP contribution in [0.2, 0.25) is 0 Å². The third kappa shape index (κ3) is 3.72. The Morgan fingerprint density at radius 3 is 2.38 bits per heavy atom. The zero-order valence-corrected chi connectivity index (χ0v) is 15.7. The quantitative estimate of drug-likeness (QED) is 0.645. The Morgan fingerprint density at radius 2 is 1.62 bits per heavy atom. The van der Waals surface area contributed by atoms with Crippen molar-refractivity contribution in [1.29, 1.82) is 0 Å². The Balaban J connectivity index is 1.81. The Hall–Kier alpha value is -2.81. The lowest BCUT2D eigenvalue weighted by molar-refractivity contribution is -0.122. The number of para-hydroxylation sites is 1. The van der Waals surface area contributed by atoms with Gasteiger partial charge in [-0.3, -0.25) is 4.79 Å². The lowest BCUT2D eigenvalue weighted by atomic mass is 9.98. The molecule has 134 valence electrons. The fraction of sp³-hybridized carbons (Fsp3) is 0.261. The molecule has 0 unspecified atom stereocenters. The highest BCUT2D eigenvalue weighted by atomic mass is 16.5. The van der Waals surface area contributed by atoms with E-state index in [1.165, 1.54) is 0 Å². The summed E-state index contributed by atoms with van der Waals surface area (Å²) in [6.45, 7) is 8.04. The maximum atomic E-state index is 12.7. The van der Waals surface area contributed by atoms with Gasteiger partial charge >= 0.3 is 0 Å². The van der Waals surface area contributed by atoms with Crippen LogP contribution >= 0.6 is 0 Å². The Morgan fingerprint density at radius 1 is 0.923 bits per heavy atom. The van der Waals surface area contributed by atoms with E-state index in [0.717, 1.165) is 33.3 Å². The average molecular weight is 347 g/mol. The summed E-state index contributed by atoms with van der Waals surface area (Å²) in [5, 5.41) is 5.17. The Bertz CT molecular complexity index is 925. The highest BCUT2D eigenvalue weighted by molar-refractivity contribution is 5.96. The van der Waals surface area contributed by atoms with Crippen molar-refractivity contribution in [2.24, 2.45) is 0 Å². The van der Waals surface area contributed by atoms with Crippen LogP contribution in [0, 0.1) is 6.92 Å². The van der Waals surface area contributed by atoms with Crippen LogP contribution in [0.1, 0.15) is 37.8 Å². The van der Waals surface area contributed by atoms with Gasteiger partial charge in [-0.2, -0.15) is 0 Å². The van der Waals surface area contributed by atoms with Gasteiger partial charge in [0.2, 0.25) is 0 Å². The number of anilines is 1. The Labute approximate surface area is 155 Å². The molecule has 3 aromatic carbocycles. The van der Waals surface area contributed by atoms with Crippen LogP contribution in [0.5, 0.6) is 5.75 Å². The van der Waals surface area contributed by atoms with Gasteiger partial charge in [-0.25, -0.2) is 0 Å². The number of benzene rings is 3. The molecule has 1 atom stereocenters. The third-order valence-corrected chi connectivity index (χ3v) is 4.60. The standard InChI is InChI=1S/C23H25NO2/c1-15(2)19-13-7-9-16(3)22(19)24-23(25)17(4)26-21-14-8-11-18-10-5-6-12-20(18)21/h5-15,17H,1-4H3,(H,24,25)/t17-/m1/s1. The van der Waals surface area contributed by atoms with E-state index >= 15 is 0 Å². The summed E-state index contributed by atoms with van der Waals surface area (Å²) in [4.78, 5) is 12.7. The van der Waals surface area contributed by atoms with Gasteiger partial charge in [-0.15, -0.1) is 0 Å². The fourth-order valence-electron chi connectivity index (χ4n) is 3.11. The maximum Gasteiger partial charge on any atom is 0.265 e. The molecule has 0 saturated carbocycles. The molecule has 1 N–H and O–H groups in total. The van der Waals surface area contributed by atoms with E-state index in [1.807, 2.05) is 61.5 Å². The zero-order valence-electron chi connectivity index (χ0n) is 15.7. The molecular formula is C23H25NO2. The molecule has 0 spiro atoms. The number of carbonyl (C=O) groups is 1. The summed E-state index contributed by atoms with van der Waals surface area (Å²) in [6, 6.07) is 20.0. The summed E-state index contributed by atoms with van der Waals surface area (Å²) in [6.07, 6.45) is -0.597. The Kier molecular flexibility index (Phi) is 5.27. The highest BCUT2D eigenvalue weighted by Gasteiger charge is 2.19. The first-order valence-electron chi connectivity index (χ1n) is 9.02. The molecule has 3 nitrogen and oxygen atoms in total. The molecule has 0 saturated heterocycles. The molecule has 3 aromatic rings. The van der Waals surface area contributed by atoms with Crippen LogP contribution in [0.3, 0.4) is 0 Å². The van der Waals surface area contributed by atoms with Gasteiger partial charge in [-0.1, -0.05) is 68.4 Å². The molecule has 1 amide bonds. The van der Waals surface area contributed by atoms with Crippen molar-refractivity contribution in [3.05, 3.63) is 71.8 Å². The summed E-state index contributed by atoms with van der Waals surface area (Å²) >= 11 is 0. The first-order valence-corrected chi connectivity index (χ1v) is 9.02. The van der Waals surface area contributed by atoms with Gasteiger partial charge in [0, 0.05) is 11.1 Å². The highest BCUT2D eigenvalue weighted by Crippen LogP contribution is 2.29. The number of carbonyl (C=O) groups excluding carboxylic acids is 1. The second kappa shape index (κ2) is 7.61. The monoisotopic (exact) mass is 347 g/mol. The smallest absolute Gasteiger partial charge is 0.265 e. The topological polar surface area (TPSA) is 38.3 Å². The van der Waals surface area contributed by atoms with E-state index in [1.54, 1.807) is 6.92 Å². The van der Waals surface area contributed by atoms with Crippen molar-refractivity contribution in [1.82, 2.24) is 0 Å². The molecule has 26 heavy (non-hydrogen) atoms. The van der Waals surface area contributed by atoms with Crippen molar-refractivity contribution in [2.75, 3.05) is 5.32 Å². The second-order valence-corrected chi connectivity index (χ2v) is 6.92. The van der Waals surface area contributed by atoms with Gasteiger partial charge < -0.3 is 10.1 Å². The van der Waals surface area contributed by atoms with Crippen LogP contribution in [0.4, 0.5) is 5.69 Å². The average Bonchev–Trinajstić information content (AvgIpc) is 2.63. The van der Waals surface area contributed by atoms with Gasteiger partial charge in [0.1, 0.15) is 5.75 Å². The fourth-order valence-corrected chi connectivity index (χ4v) is 3.11. The summed E-state index contributed by atoms with van der Waals surface area (Å²) in [7, 11) is 0. The molecular weight excluding hydrogens is 322 g/mol. The van der Waals surface area contributed by atoms with E-state index in [2.05, 4.69) is 25.2 Å². The van der Waals surface area contributed by atoms with E-state index in [4.69, 9.17) is 4.74 Å². The van der Waals surface area contributed by atoms with Crippen LogP contribution in [-0.4, -0.2) is 12.0 Å². The van der Waals surface area contributed by atoms with E-state index in [0.29, 0.717) is 5.92 Å². The third-order valence-electron chi connectivity index (χ3n) is 4.60. The van der Waals surface area contributed by atoms with Gasteiger partial charge in [-0.05, 0) is 42.3 Å². The number of hydrogen-bond donors (Lipinski definition) is 1. The summed E-state index contributed by atoms with van der Waals surface area (Å²) < 4.78 is 5.99. The molecule has 0 radical (unpaired) electrons. The SMILES string of the molecule is Cc1cccc(C(C)C)c1NC(=O)[C@@H](C)Oc1cccc2ccccc12. The minimum absolute atomic E-state index is 0.144. The van der Waals surface area contributed by atoms with E-state index in [-0.39, 0.29) is 5.91 Å². The zero-order chi connectivity index (χ0) is 18.7. The van der Waals surface area contributed by atoms with Gasteiger partial charge in [0.15, 0.2) is 6.10 Å². The first-order chi connectivity index (χ1) is 12.5. The lowest BCUT2D eigenvalue weighted by Crippen LogP contribution is -2.31. The number of hydrogen-bond acceptors (Lipinski definition) is 2. The molecule has 0 aromatic heterocycles. The van der Waals surface area contributed by atoms with E-state index in [9.17, 15) is 4.79 Å². The van der Waals surface area contributed by atoms with Crippen LogP contribution in [-0.2, 0) is 4.79 Å². The van der Waals surface area contributed by atoms with Gasteiger partial charge in [0.25, 0.3) is 5.91 Å². The number of amides is 1. The predicted octanol–water partition coefficient (Wildman–Crippen LogP) is 5.68. The first kappa shape index (κ1) is 18.0. The molecule has 0 aliphatic rings. The molecule has 0 aliphatic heterocycles. The summed E-state index contributed by atoms with van der Waals surface area (Å²) in [5.74, 6) is 0.910. The number of nitrogens with one attached hydrogen (secondary N) is 1. The molecule has 3 rings (SSSR count). The largest absolute Gasteiger partial charge is 0.480 e. The maximum absolute atomic E-state index is 12.7.